The van der Waals surface area contributed by atoms with Crippen LogP contribution in [0.3, 0.4) is 0 Å². The van der Waals surface area contributed by atoms with Crippen molar-refractivity contribution in [1.29, 1.82) is 0 Å². The van der Waals surface area contributed by atoms with Crippen molar-refractivity contribution in [3.05, 3.63) is 0 Å². The van der Waals surface area contributed by atoms with E-state index in [1.54, 1.807) is 0 Å². The van der Waals surface area contributed by atoms with Crippen molar-refractivity contribution < 1.29 is 9.59 Å². The van der Waals surface area contributed by atoms with Crippen molar-refractivity contribution >= 4 is 11.7 Å². The fourth-order valence-corrected chi connectivity index (χ4v) is 4.27. The van der Waals surface area contributed by atoms with Crippen LogP contribution in [-0.2, 0) is 9.59 Å². The Hall–Kier alpha value is -0.900. The van der Waals surface area contributed by atoms with E-state index in [4.69, 9.17) is 0 Å². The van der Waals surface area contributed by atoms with Crippen LogP contribution >= 0.6 is 0 Å². The molecule has 26 heavy (non-hydrogen) atoms. The smallest absolute Gasteiger partial charge is 0.225 e. The molecule has 1 aliphatic carbocycles. The molecular formula is C22H40N2O2. The molecule has 1 amide bonds. The summed E-state index contributed by atoms with van der Waals surface area (Å²) in [5, 5.41) is 6.71. The van der Waals surface area contributed by atoms with Crippen LogP contribution in [-0.4, -0.2) is 30.3 Å². The maximum atomic E-state index is 13.0. The van der Waals surface area contributed by atoms with Crippen molar-refractivity contribution in [2.24, 2.45) is 11.3 Å². The quantitative estimate of drug-likeness (QED) is 0.712. The number of carbonyl (C=O) groups is 2. The number of carbonyl (C=O) groups excluding carboxylic acids is 2. The highest BCUT2D eigenvalue weighted by atomic mass is 16.2. The predicted octanol–water partition coefficient (Wildman–Crippen LogP) is 4.37. The Morgan fingerprint density at radius 3 is 2.42 bits per heavy atom. The molecule has 1 saturated carbocycles. The van der Waals surface area contributed by atoms with Crippen LogP contribution in [0.4, 0.5) is 0 Å². The zero-order valence-corrected chi connectivity index (χ0v) is 17.2. The number of unbranched alkanes of at least 4 members (excludes halogenated alkanes) is 1. The number of nitrogens with one attached hydrogen (secondary N) is 2. The second kappa shape index (κ2) is 10.4. The van der Waals surface area contributed by atoms with Gasteiger partial charge in [-0.05, 0) is 44.9 Å². The van der Waals surface area contributed by atoms with E-state index in [0.717, 1.165) is 38.5 Å². The van der Waals surface area contributed by atoms with E-state index < -0.39 is 0 Å². The summed E-state index contributed by atoms with van der Waals surface area (Å²) < 4.78 is 0. The highest BCUT2D eigenvalue weighted by Crippen LogP contribution is 2.27. The van der Waals surface area contributed by atoms with Gasteiger partial charge < -0.3 is 10.6 Å². The van der Waals surface area contributed by atoms with Crippen molar-refractivity contribution in [1.82, 2.24) is 10.6 Å². The molecule has 1 aliphatic heterocycles. The molecule has 2 aliphatic rings. The SMILES string of the molecule is CC(C)(C)C(=O)NCCCCC1NC2CCCCCCCC(CC2)C1=O. The molecule has 0 aromatic carbocycles. The summed E-state index contributed by atoms with van der Waals surface area (Å²) in [6.07, 6.45) is 13.9. The second-order valence-corrected chi connectivity index (χ2v) is 9.44. The average Bonchev–Trinajstić information content (AvgIpc) is 2.75. The van der Waals surface area contributed by atoms with Crippen LogP contribution in [0.2, 0.25) is 0 Å². The number of hydrogen-bond acceptors (Lipinski definition) is 3. The van der Waals surface area contributed by atoms with Gasteiger partial charge >= 0.3 is 0 Å². The van der Waals surface area contributed by atoms with Gasteiger partial charge in [0.2, 0.25) is 5.91 Å². The first-order valence-electron chi connectivity index (χ1n) is 11.0. The molecule has 0 spiro atoms. The van der Waals surface area contributed by atoms with E-state index in [-0.39, 0.29) is 23.3 Å². The number of ketones is 1. The lowest BCUT2D eigenvalue weighted by molar-refractivity contribution is -0.128. The monoisotopic (exact) mass is 364 g/mol. The molecule has 0 aromatic rings. The van der Waals surface area contributed by atoms with Gasteiger partial charge in [0.05, 0.1) is 6.04 Å². The molecule has 0 radical (unpaired) electrons. The summed E-state index contributed by atoms with van der Waals surface area (Å²) in [6, 6.07) is 0.554. The number of amides is 1. The van der Waals surface area contributed by atoms with Crippen LogP contribution in [0.25, 0.3) is 0 Å². The van der Waals surface area contributed by atoms with Gasteiger partial charge in [-0.3, -0.25) is 9.59 Å². The normalized spacial score (nSPS) is 28.3. The summed E-state index contributed by atoms with van der Waals surface area (Å²) in [5.41, 5.74) is -0.329. The molecule has 1 saturated heterocycles. The maximum Gasteiger partial charge on any atom is 0.225 e. The molecule has 2 bridgehead atoms. The average molecular weight is 365 g/mol. The highest BCUT2D eigenvalue weighted by Gasteiger charge is 2.32. The molecule has 0 aromatic heterocycles. The third-order valence-electron chi connectivity index (χ3n) is 6.04. The molecule has 4 nitrogen and oxygen atoms in total. The van der Waals surface area contributed by atoms with Crippen LogP contribution in [0.15, 0.2) is 0 Å². The highest BCUT2D eigenvalue weighted by molar-refractivity contribution is 5.86. The molecule has 3 unspecified atom stereocenters. The maximum absolute atomic E-state index is 13.0. The van der Waals surface area contributed by atoms with Crippen LogP contribution in [0, 0.1) is 11.3 Å². The molecule has 2 N–H and O–H groups in total. The standard InChI is InChI=1S/C22H40N2O2/c1-22(2,3)21(26)23-16-10-9-13-19-20(25)17-11-7-5-4-6-8-12-18(24-19)15-14-17/h17-19,24H,4-16H2,1-3H3,(H,23,26). The fraction of sp³-hybridized carbons (Fsp3) is 0.909. The summed E-state index contributed by atoms with van der Waals surface area (Å²) in [4.78, 5) is 24.9. The molecule has 2 fully saturated rings. The molecule has 4 heteroatoms. The van der Waals surface area contributed by atoms with E-state index >= 15 is 0 Å². The minimum absolute atomic E-state index is 0.0326. The van der Waals surface area contributed by atoms with Crippen LogP contribution < -0.4 is 10.6 Å². The van der Waals surface area contributed by atoms with Gasteiger partial charge in [-0.1, -0.05) is 52.9 Å². The first kappa shape index (κ1) is 21.4. The molecule has 3 atom stereocenters. The van der Waals surface area contributed by atoms with Crippen LogP contribution in [0.5, 0.6) is 0 Å². The number of Topliss-reactive ketones (excluding diaryl/α,β-unsaturated/α-hetero) is 1. The Balaban J connectivity index is 1.80. The number of fused-ring (bicyclic) bond motifs is 3. The summed E-state index contributed by atoms with van der Waals surface area (Å²) in [5.74, 6) is 0.846. The van der Waals surface area contributed by atoms with Gasteiger partial charge in [0.15, 0.2) is 5.78 Å². The van der Waals surface area contributed by atoms with E-state index in [1.807, 2.05) is 20.8 Å². The third kappa shape index (κ3) is 7.02. The van der Waals surface area contributed by atoms with E-state index in [9.17, 15) is 9.59 Å². The van der Waals surface area contributed by atoms with E-state index in [0.29, 0.717) is 18.4 Å². The zero-order valence-electron chi connectivity index (χ0n) is 17.2. The van der Waals surface area contributed by atoms with Crippen molar-refractivity contribution in [2.45, 2.75) is 110 Å². The number of hydrogen-bond donors (Lipinski definition) is 2. The van der Waals surface area contributed by atoms with Gasteiger partial charge in [-0.2, -0.15) is 0 Å². The Morgan fingerprint density at radius 2 is 1.69 bits per heavy atom. The summed E-state index contributed by atoms with van der Waals surface area (Å²) >= 11 is 0. The first-order valence-corrected chi connectivity index (χ1v) is 11.0. The Kier molecular flexibility index (Phi) is 8.59. The minimum atomic E-state index is -0.329. The van der Waals surface area contributed by atoms with Gasteiger partial charge in [0, 0.05) is 23.9 Å². The third-order valence-corrected chi connectivity index (χ3v) is 6.04. The molecule has 2 rings (SSSR count). The topological polar surface area (TPSA) is 58.2 Å². The van der Waals surface area contributed by atoms with Crippen molar-refractivity contribution in [3.63, 3.8) is 0 Å². The molecule has 150 valence electrons. The summed E-state index contributed by atoms with van der Waals surface area (Å²) in [7, 11) is 0. The first-order chi connectivity index (χ1) is 12.4. The predicted molar refractivity (Wildman–Crippen MR) is 107 cm³/mol. The number of rotatable bonds is 5. The second-order valence-electron chi connectivity index (χ2n) is 9.44. The van der Waals surface area contributed by atoms with E-state index in [1.165, 1.54) is 38.5 Å². The van der Waals surface area contributed by atoms with Crippen LogP contribution in [0.1, 0.15) is 97.8 Å². The largest absolute Gasteiger partial charge is 0.356 e. The van der Waals surface area contributed by atoms with Gasteiger partial charge in [-0.25, -0.2) is 0 Å². The Labute approximate surface area is 160 Å². The summed E-state index contributed by atoms with van der Waals surface area (Å²) in [6.45, 7) is 6.52. The fourth-order valence-electron chi connectivity index (χ4n) is 4.27. The lowest BCUT2D eigenvalue weighted by Gasteiger charge is -2.23. The molecule has 1 heterocycles. The van der Waals surface area contributed by atoms with E-state index in [2.05, 4.69) is 10.6 Å². The Bertz CT molecular complexity index is 456. The van der Waals surface area contributed by atoms with Crippen molar-refractivity contribution in [3.8, 4) is 0 Å². The zero-order chi connectivity index (χ0) is 19.0. The lowest BCUT2D eigenvalue weighted by Crippen LogP contribution is -2.43. The van der Waals surface area contributed by atoms with Gasteiger partial charge in [0.25, 0.3) is 0 Å². The lowest BCUT2D eigenvalue weighted by atomic mass is 9.88. The van der Waals surface area contributed by atoms with Crippen molar-refractivity contribution in [2.75, 3.05) is 6.54 Å². The molecular weight excluding hydrogens is 324 g/mol. The minimum Gasteiger partial charge on any atom is -0.356 e. The van der Waals surface area contributed by atoms with Gasteiger partial charge in [0.1, 0.15) is 0 Å². The Morgan fingerprint density at radius 1 is 1.00 bits per heavy atom. The van der Waals surface area contributed by atoms with Gasteiger partial charge in [-0.15, -0.1) is 0 Å².